The van der Waals surface area contributed by atoms with Gasteiger partial charge < -0.3 is 4.74 Å². The number of carbonyl (C=O) groups is 1. The summed E-state index contributed by atoms with van der Waals surface area (Å²) in [7, 11) is 1.70. The highest BCUT2D eigenvalue weighted by Gasteiger charge is 2.41. The van der Waals surface area contributed by atoms with E-state index in [1.54, 1.807) is 14.0 Å². The van der Waals surface area contributed by atoms with Crippen molar-refractivity contribution >= 4 is 5.78 Å². The summed E-state index contributed by atoms with van der Waals surface area (Å²) in [6, 6.07) is 0. The summed E-state index contributed by atoms with van der Waals surface area (Å²) in [6.45, 7) is 3.69. The molecule has 0 aromatic carbocycles. The lowest BCUT2D eigenvalue weighted by Gasteiger charge is -2.28. The van der Waals surface area contributed by atoms with Gasteiger partial charge in [0.05, 0.1) is 5.60 Å². The van der Waals surface area contributed by atoms with Crippen LogP contribution in [0, 0.1) is 5.92 Å². The first-order valence-corrected chi connectivity index (χ1v) is 4.16. The molecule has 0 saturated heterocycles. The Bertz CT molecular complexity index is 165. The summed E-state index contributed by atoms with van der Waals surface area (Å²) in [5, 5.41) is 0. The molecule has 2 nitrogen and oxygen atoms in total. The second kappa shape index (κ2) is 2.94. The first-order chi connectivity index (χ1) is 5.10. The van der Waals surface area contributed by atoms with Crippen molar-refractivity contribution < 1.29 is 9.53 Å². The van der Waals surface area contributed by atoms with Gasteiger partial charge in [-0.15, -0.1) is 0 Å². The second-order valence-electron chi connectivity index (χ2n) is 3.57. The van der Waals surface area contributed by atoms with Crippen LogP contribution in [0.25, 0.3) is 0 Å². The first-order valence-electron chi connectivity index (χ1n) is 4.16. The minimum absolute atomic E-state index is 0.132. The number of Topliss-reactive ketones (excluding diaryl/α,β-unsaturated/α-hetero) is 1. The molecule has 1 saturated carbocycles. The third-order valence-electron chi connectivity index (χ3n) is 2.86. The number of rotatable bonds is 2. The number of ketones is 1. The van der Waals surface area contributed by atoms with E-state index in [9.17, 15) is 4.79 Å². The van der Waals surface area contributed by atoms with Gasteiger partial charge >= 0.3 is 0 Å². The van der Waals surface area contributed by atoms with Gasteiger partial charge in [0, 0.05) is 13.0 Å². The number of carbonyl (C=O) groups excluding carboxylic acids is 1. The third-order valence-corrected chi connectivity index (χ3v) is 2.86. The zero-order chi connectivity index (χ0) is 8.48. The fourth-order valence-electron chi connectivity index (χ4n) is 2.01. The van der Waals surface area contributed by atoms with Crippen molar-refractivity contribution in [1.29, 1.82) is 0 Å². The zero-order valence-corrected chi connectivity index (χ0v) is 7.52. The smallest absolute Gasteiger partial charge is 0.135 e. The van der Waals surface area contributed by atoms with Gasteiger partial charge in [-0.3, -0.25) is 4.79 Å². The largest absolute Gasteiger partial charge is 0.378 e. The molecule has 1 fully saturated rings. The van der Waals surface area contributed by atoms with Crippen LogP contribution in [-0.2, 0) is 9.53 Å². The van der Waals surface area contributed by atoms with E-state index in [-0.39, 0.29) is 17.3 Å². The third kappa shape index (κ3) is 1.45. The standard InChI is InChI=1S/C9H16O2/c1-7(10)8-5-4-6-9(8,2)11-3/h8H,4-6H2,1-3H3/t8?,9-/m0/s1. The lowest BCUT2D eigenvalue weighted by Crippen LogP contribution is -2.35. The van der Waals surface area contributed by atoms with Crippen molar-refractivity contribution in [3.05, 3.63) is 0 Å². The van der Waals surface area contributed by atoms with Gasteiger partial charge in [-0.1, -0.05) is 0 Å². The highest BCUT2D eigenvalue weighted by molar-refractivity contribution is 5.79. The molecule has 0 bridgehead atoms. The fourth-order valence-corrected chi connectivity index (χ4v) is 2.01. The molecule has 0 aliphatic heterocycles. The van der Waals surface area contributed by atoms with Gasteiger partial charge in [0.25, 0.3) is 0 Å². The van der Waals surface area contributed by atoms with E-state index in [0.717, 1.165) is 19.3 Å². The molecular weight excluding hydrogens is 140 g/mol. The zero-order valence-electron chi connectivity index (χ0n) is 7.52. The summed E-state index contributed by atoms with van der Waals surface area (Å²) in [5.74, 6) is 0.402. The maximum Gasteiger partial charge on any atom is 0.135 e. The molecule has 0 heterocycles. The summed E-state index contributed by atoms with van der Waals surface area (Å²) in [4.78, 5) is 11.1. The second-order valence-corrected chi connectivity index (χ2v) is 3.57. The van der Waals surface area contributed by atoms with Crippen molar-refractivity contribution in [3.63, 3.8) is 0 Å². The Labute approximate surface area is 67.9 Å². The van der Waals surface area contributed by atoms with Gasteiger partial charge in [-0.05, 0) is 33.1 Å². The summed E-state index contributed by atoms with van der Waals surface area (Å²) < 4.78 is 5.35. The molecule has 1 aliphatic rings. The Balaban J connectivity index is 2.72. The monoisotopic (exact) mass is 156 g/mol. The minimum atomic E-state index is -0.175. The van der Waals surface area contributed by atoms with Gasteiger partial charge in [0.1, 0.15) is 5.78 Å². The fraction of sp³-hybridized carbons (Fsp3) is 0.889. The average molecular weight is 156 g/mol. The summed E-state index contributed by atoms with van der Waals surface area (Å²) >= 11 is 0. The molecule has 0 amide bonds. The molecule has 0 N–H and O–H groups in total. The van der Waals surface area contributed by atoms with E-state index in [1.807, 2.05) is 6.92 Å². The topological polar surface area (TPSA) is 26.3 Å². The Morgan fingerprint density at radius 3 is 2.64 bits per heavy atom. The van der Waals surface area contributed by atoms with E-state index >= 15 is 0 Å². The molecule has 1 rings (SSSR count). The molecule has 2 atom stereocenters. The number of hydrogen-bond acceptors (Lipinski definition) is 2. The van der Waals surface area contributed by atoms with E-state index in [4.69, 9.17) is 4.74 Å². The maximum atomic E-state index is 11.1. The van der Waals surface area contributed by atoms with Crippen molar-refractivity contribution in [2.24, 2.45) is 5.92 Å². The SMILES string of the molecule is CO[C@@]1(C)CCCC1C(C)=O. The van der Waals surface area contributed by atoms with Crippen LogP contribution < -0.4 is 0 Å². The van der Waals surface area contributed by atoms with Crippen LogP contribution in [0.3, 0.4) is 0 Å². The Morgan fingerprint density at radius 1 is 1.64 bits per heavy atom. The number of ether oxygens (including phenoxy) is 1. The van der Waals surface area contributed by atoms with E-state index < -0.39 is 0 Å². The van der Waals surface area contributed by atoms with Crippen LogP contribution >= 0.6 is 0 Å². The lowest BCUT2D eigenvalue weighted by atomic mass is 9.90. The van der Waals surface area contributed by atoms with Crippen LogP contribution in [-0.4, -0.2) is 18.5 Å². The molecule has 64 valence electrons. The van der Waals surface area contributed by atoms with Crippen LogP contribution in [0.1, 0.15) is 33.1 Å². The predicted molar refractivity (Wildman–Crippen MR) is 43.4 cm³/mol. The summed E-state index contributed by atoms with van der Waals surface area (Å²) in [5.41, 5.74) is -0.175. The maximum absolute atomic E-state index is 11.1. The molecule has 0 radical (unpaired) electrons. The van der Waals surface area contributed by atoms with E-state index in [1.165, 1.54) is 0 Å². The number of methoxy groups -OCH3 is 1. The number of hydrogen-bond donors (Lipinski definition) is 0. The predicted octanol–water partition coefficient (Wildman–Crippen LogP) is 1.78. The van der Waals surface area contributed by atoms with Crippen LogP contribution in [0.2, 0.25) is 0 Å². The Hall–Kier alpha value is -0.370. The van der Waals surface area contributed by atoms with Gasteiger partial charge in [-0.2, -0.15) is 0 Å². The van der Waals surface area contributed by atoms with Crippen LogP contribution in [0.4, 0.5) is 0 Å². The van der Waals surface area contributed by atoms with Crippen molar-refractivity contribution in [2.45, 2.75) is 38.7 Å². The van der Waals surface area contributed by atoms with E-state index in [0.29, 0.717) is 0 Å². The lowest BCUT2D eigenvalue weighted by molar-refractivity contribution is -0.129. The molecule has 11 heavy (non-hydrogen) atoms. The summed E-state index contributed by atoms with van der Waals surface area (Å²) in [6.07, 6.45) is 3.14. The highest BCUT2D eigenvalue weighted by atomic mass is 16.5. The van der Waals surface area contributed by atoms with Gasteiger partial charge in [0.15, 0.2) is 0 Å². The Kier molecular flexibility index (Phi) is 2.33. The Morgan fingerprint density at radius 2 is 2.27 bits per heavy atom. The molecule has 0 aromatic rings. The van der Waals surface area contributed by atoms with Crippen molar-refractivity contribution in [1.82, 2.24) is 0 Å². The quantitative estimate of drug-likeness (QED) is 0.609. The minimum Gasteiger partial charge on any atom is -0.378 e. The van der Waals surface area contributed by atoms with Gasteiger partial charge in [-0.25, -0.2) is 0 Å². The molecular formula is C9H16O2. The average Bonchev–Trinajstić information content (AvgIpc) is 2.32. The molecule has 0 aromatic heterocycles. The molecule has 2 heteroatoms. The normalized spacial score (nSPS) is 37.5. The van der Waals surface area contributed by atoms with Crippen molar-refractivity contribution in [2.75, 3.05) is 7.11 Å². The highest BCUT2D eigenvalue weighted by Crippen LogP contribution is 2.38. The van der Waals surface area contributed by atoms with Crippen LogP contribution in [0.5, 0.6) is 0 Å². The van der Waals surface area contributed by atoms with Crippen molar-refractivity contribution in [3.8, 4) is 0 Å². The molecule has 1 aliphatic carbocycles. The molecule has 1 unspecified atom stereocenters. The molecule has 0 spiro atoms. The van der Waals surface area contributed by atoms with Crippen LogP contribution in [0.15, 0.2) is 0 Å². The first kappa shape index (κ1) is 8.72. The van der Waals surface area contributed by atoms with Gasteiger partial charge in [0.2, 0.25) is 0 Å². The van der Waals surface area contributed by atoms with E-state index in [2.05, 4.69) is 0 Å².